The van der Waals surface area contributed by atoms with Gasteiger partial charge >= 0.3 is 0 Å². The second kappa shape index (κ2) is 5.33. The summed E-state index contributed by atoms with van der Waals surface area (Å²) in [6, 6.07) is 27.8. The first-order chi connectivity index (χ1) is 14.2. The van der Waals surface area contributed by atoms with Gasteiger partial charge in [0, 0.05) is 31.6 Å². The largest absolute Gasteiger partial charge is 0.308 e. The van der Waals surface area contributed by atoms with Crippen LogP contribution in [0, 0.1) is 0 Å². The van der Waals surface area contributed by atoms with Gasteiger partial charge in [-0.05, 0) is 64.0 Å². The molecule has 5 aromatic carbocycles. The zero-order valence-electron chi connectivity index (χ0n) is 15.2. The zero-order chi connectivity index (χ0) is 19.3. The fourth-order valence-electron chi connectivity index (χ4n) is 4.97. The minimum atomic E-state index is 0.750. The van der Waals surface area contributed by atoms with Crippen molar-refractivity contribution in [3.63, 3.8) is 0 Å². The summed E-state index contributed by atoms with van der Waals surface area (Å²) in [6.07, 6.45) is 0. The lowest BCUT2D eigenvalue weighted by Gasteiger charge is -2.04. The van der Waals surface area contributed by atoms with Crippen LogP contribution in [-0.4, -0.2) is 4.40 Å². The molecule has 0 spiro atoms. The summed E-state index contributed by atoms with van der Waals surface area (Å²) < 4.78 is 2.37. The smallest absolute Gasteiger partial charge is 0.0627 e. The van der Waals surface area contributed by atoms with Gasteiger partial charge in [0.15, 0.2) is 0 Å². The number of halogens is 2. The van der Waals surface area contributed by atoms with Crippen LogP contribution >= 0.6 is 23.2 Å². The lowest BCUT2D eigenvalue weighted by molar-refractivity contribution is 1.37. The van der Waals surface area contributed by atoms with E-state index in [4.69, 9.17) is 23.2 Å². The molecule has 0 saturated carbocycles. The highest BCUT2D eigenvalue weighted by Crippen LogP contribution is 2.44. The Morgan fingerprint density at radius 2 is 1.21 bits per heavy atom. The van der Waals surface area contributed by atoms with E-state index in [0.717, 1.165) is 15.6 Å². The fourth-order valence-corrected chi connectivity index (χ4v) is 5.31. The van der Waals surface area contributed by atoms with Gasteiger partial charge in [-0.15, -0.1) is 0 Å². The third kappa shape index (κ3) is 1.97. The number of nitrogens with zero attached hydrogens (tertiary/aromatic N) is 1. The number of fused-ring (bicyclic) bond motifs is 9. The van der Waals surface area contributed by atoms with Crippen molar-refractivity contribution < 1.29 is 0 Å². The van der Waals surface area contributed by atoms with Crippen LogP contribution in [0.4, 0.5) is 0 Å². The molecule has 7 aromatic rings. The van der Waals surface area contributed by atoms with Crippen molar-refractivity contribution >= 4 is 82.8 Å². The topological polar surface area (TPSA) is 4.41 Å². The lowest BCUT2D eigenvalue weighted by Crippen LogP contribution is -1.81. The summed E-state index contributed by atoms with van der Waals surface area (Å²) in [4.78, 5) is 0. The van der Waals surface area contributed by atoms with Crippen LogP contribution in [0.2, 0.25) is 10.0 Å². The van der Waals surface area contributed by atoms with Gasteiger partial charge in [-0.25, -0.2) is 0 Å². The van der Waals surface area contributed by atoms with E-state index in [0.29, 0.717) is 0 Å². The Kier molecular flexibility index (Phi) is 2.91. The molecule has 7 rings (SSSR count). The van der Waals surface area contributed by atoms with Crippen molar-refractivity contribution in [3.8, 4) is 0 Å². The molecule has 2 heterocycles. The number of benzene rings is 5. The van der Waals surface area contributed by atoms with Gasteiger partial charge in [-0.3, -0.25) is 0 Å². The number of rotatable bonds is 0. The van der Waals surface area contributed by atoms with E-state index < -0.39 is 0 Å². The molecule has 29 heavy (non-hydrogen) atoms. The van der Waals surface area contributed by atoms with Crippen molar-refractivity contribution in [1.29, 1.82) is 0 Å². The van der Waals surface area contributed by atoms with Crippen LogP contribution in [-0.2, 0) is 0 Å². The van der Waals surface area contributed by atoms with Gasteiger partial charge in [0.05, 0.1) is 16.6 Å². The van der Waals surface area contributed by atoms with Crippen molar-refractivity contribution in [3.05, 3.63) is 88.9 Å². The molecule has 0 aliphatic heterocycles. The third-order valence-corrected chi connectivity index (χ3v) is 6.64. The lowest BCUT2D eigenvalue weighted by atomic mass is 9.99. The van der Waals surface area contributed by atoms with Crippen molar-refractivity contribution in [2.24, 2.45) is 0 Å². The average molecular weight is 410 g/mol. The molecule has 0 saturated heterocycles. The predicted molar refractivity (Wildman–Crippen MR) is 126 cm³/mol. The Morgan fingerprint density at radius 1 is 0.517 bits per heavy atom. The molecule has 0 aliphatic rings. The van der Waals surface area contributed by atoms with Crippen LogP contribution in [0.1, 0.15) is 0 Å². The second-order valence-corrected chi connectivity index (χ2v) is 8.60. The standard InChI is InChI=1S/C26H13Cl2N/c27-17-6-5-16-10-21-19-8-7-18(28)13-24(19)29-23-11-15-4-2-1-3-14(15)9-22(23)25(26(21)29)20(16)12-17/h1-13H. The number of hydrogen-bond acceptors (Lipinski definition) is 0. The van der Waals surface area contributed by atoms with E-state index in [1.54, 1.807) is 0 Å². The monoisotopic (exact) mass is 409 g/mol. The van der Waals surface area contributed by atoms with Crippen LogP contribution < -0.4 is 0 Å². The molecule has 1 nitrogen and oxygen atoms in total. The average Bonchev–Trinajstić information content (AvgIpc) is 3.22. The molecule has 0 bridgehead atoms. The third-order valence-electron chi connectivity index (χ3n) is 6.17. The summed E-state index contributed by atoms with van der Waals surface area (Å²) in [5.41, 5.74) is 3.58. The highest BCUT2D eigenvalue weighted by atomic mass is 35.5. The van der Waals surface area contributed by atoms with E-state index in [1.165, 1.54) is 54.1 Å². The van der Waals surface area contributed by atoms with Gasteiger partial charge in [0.1, 0.15) is 0 Å². The highest BCUT2D eigenvalue weighted by Gasteiger charge is 2.20. The Morgan fingerprint density at radius 3 is 2.07 bits per heavy atom. The summed E-state index contributed by atoms with van der Waals surface area (Å²) >= 11 is 12.8. The molecular weight excluding hydrogens is 397 g/mol. The number of aromatic nitrogens is 1. The molecule has 0 fully saturated rings. The maximum atomic E-state index is 6.41. The molecule has 0 unspecified atom stereocenters. The quantitative estimate of drug-likeness (QED) is 0.236. The Balaban J connectivity index is 1.91. The molecule has 0 radical (unpaired) electrons. The molecule has 0 amide bonds. The molecule has 0 N–H and O–H groups in total. The molecule has 0 atom stereocenters. The first-order valence-corrected chi connectivity index (χ1v) is 10.3. The Labute approximate surface area is 176 Å². The number of hydrogen-bond donors (Lipinski definition) is 0. The van der Waals surface area contributed by atoms with Crippen molar-refractivity contribution in [2.45, 2.75) is 0 Å². The van der Waals surface area contributed by atoms with Gasteiger partial charge in [0.25, 0.3) is 0 Å². The van der Waals surface area contributed by atoms with E-state index in [-0.39, 0.29) is 0 Å². The summed E-state index contributed by atoms with van der Waals surface area (Å²) in [5, 5.41) is 11.4. The van der Waals surface area contributed by atoms with E-state index in [2.05, 4.69) is 71.1 Å². The minimum absolute atomic E-state index is 0.750. The summed E-state index contributed by atoms with van der Waals surface area (Å²) in [5.74, 6) is 0. The minimum Gasteiger partial charge on any atom is -0.308 e. The maximum absolute atomic E-state index is 6.41. The van der Waals surface area contributed by atoms with E-state index >= 15 is 0 Å². The zero-order valence-corrected chi connectivity index (χ0v) is 16.7. The predicted octanol–water partition coefficient (Wildman–Crippen LogP) is 8.45. The molecule has 2 aromatic heterocycles. The Bertz CT molecular complexity index is 1730. The van der Waals surface area contributed by atoms with E-state index in [1.807, 2.05) is 12.1 Å². The van der Waals surface area contributed by atoms with Crippen LogP contribution in [0.3, 0.4) is 0 Å². The molecule has 3 heteroatoms. The first-order valence-electron chi connectivity index (χ1n) is 9.58. The van der Waals surface area contributed by atoms with Gasteiger partial charge in [0.2, 0.25) is 0 Å². The van der Waals surface area contributed by atoms with Crippen LogP contribution in [0.25, 0.3) is 59.6 Å². The molecule has 0 aliphatic carbocycles. The maximum Gasteiger partial charge on any atom is 0.0627 e. The molecule has 136 valence electrons. The normalized spacial score (nSPS) is 12.5. The fraction of sp³-hybridized carbons (Fsp3) is 0. The van der Waals surface area contributed by atoms with Crippen molar-refractivity contribution in [2.75, 3.05) is 0 Å². The van der Waals surface area contributed by atoms with Crippen molar-refractivity contribution in [1.82, 2.24) is 4.40 Å². The van der Waals surface area contributed by atoms with E-state index in [9.17, 15) is 0 Å². The highest BCUT2D eigenvalue weighted by molar-refractivity contribution is 6.36. The van der Waals surface area contributed by atoms with Gasteiger partial charge < -0.3 is 4.40 Å². The second-order valence-electron chi connectivity index (χ2n) is 7.73. The van der Waals surface area contributed by atoms with Crippen LogP contribution in [0.15, 0.2) is 78.9 Å². The molecular formula is C26H13Cl2N. The van der Waals surface area contributed by atoms with Crippen LogP contribution in [0.5, 0.6) is 0 Å². The summed E-state index contributed by atoms with van der Waals surface area (Å²) in [6.45, 7) is 0. The van der Waals surface area contributed by atoms with Gasteiger partial charge in [-0.1, -0.05) is 59.6 Å². The Hall–Kier alpha value is -3.00. The van der Waals surface area contributed by atoms with Gasteiger partial charge in [-0.2, -0.15) is 0 Å². The summed E-state index contributed by atoms with van der Waals surface area (Å²) in [7, 11) is 0. The first kappa shape index (κ1) is 15.9. The SMILES string of the molecule is Clc1ccc2cc3c4ccc(Cl)cc4n4c5cc6ccccc6cc5c(c2c1)c34.